The van der Waals surface area contributed by atoms with Crippen molar-refractivity contribution in [3.63, 3.8) is 0 Å². The van der Waals surface area contributed by atoms with Crippen LogP contribution >= 0.6 is 12.4 Å². The molecule has 1 aromatic rings. The van der Waals surface area contributed by atoms with Crippen LogP contribution < -0.4 is 15.2 Å². The standard InChI is InChI=1S/C13H18F3NO3.ClH/c1-12(2,7-18)11(17)9-6-8(20-13(14,15)16)4-5-10(9)19-3;/h4-6,11,18H,7,17H2,1-3H3;1H/t11-;/m1./s1. The van der Waals surface area contributed by atoms with Crippen molar-refractivity contribution in [1.82, 2.24) is 0 Å². The molecule has 0 aliphatic heterocycles. The third kappa shape index (κ3) is 5.26. The Labute approximate surface area is 127 Å². The molecule has 0 saturated carbocycles. The fourth-order valence-corrected chi connectivity index (χ4v) is 1.67. The first-order chi connectivity index (χ1) is 9.10. The largest absolute Gasteiger partial charge is 0.573 e. The molecular weight excluding hydrogens is 311 g/mol. The number of halogens is 4. The number of ether oxygens (including phenoxy) is 2. The molecule has 1 aromatic carbocycles. The van der Waals surface area contributed by atoms with E-state index in [4.69, 9.17) is 10.5 Å². The summed E-state index contributed by atoms with van der Waals surface area (Å²) in [6.45, 7) is 3.18. The van der Waals surface area contributed by atoms with E-state index in [1.807, 2.05) is 0 Å². The van der Waals surface area contributed by atoms with E-state index in [0.717, 1.165) is 6.07 Å². The average Bonchev–Trinajstić information content (AvgIpc) is 2.35. The van der Waals surface area contributed by atoms with E-state index in [2.05, 4.69) is 4.74 Å². The normalized spacial score (nSPS) is 13.3. The second-order valence-electron chi connectivity index (χ2n) is 5.08. The van der Waals surface area contributed by atoms with Crippen LogP contribution in [0.15, 0.2) is 18.2 Å². The molecule has 0 aliphatic rings. The molecule has 1 atom stereocenters. The molecular formula is C13H19ClF3NO3. The number of aliphatic hydroxyl groups excluding tert-OH is 1. The van der Waals surface area contributed by atoms with Gasteiger partial charge in [0.2, 0.25) is 0 Å². The van der Waals surface area contributed by atoms with Gasteiger partial charge in [-0.1, -0.05) is 13.8 Å². The molecule has 0 fully saturated rings. The number of alkyl halides is 3. The van der Waals surface area contributed by atoms with Gasteiger partial charge in [-0.05, 0) is 18.2 Å². The van der Waals surface area contributed by atoms with Crippen molar-refractivity contribution < 1.29 is 27.8 Å². The Morgan fingerprint density at radius 3 is 2.29 bits per heavy atom. The lowest BCUT2D eigenvalue weighted by atomic mass is 9.81. The van der Waals surface area contributed by atoms with Crippen molar-refractivity contribution in [3.8, 4) is 11.5 Å². The molecule has 0 spiro atoms. The molecule has 3 N–H and O–H groups in total. The zero-order valence-corrected chi connectivity index (χ0v) is 12.7. The summed E-state index contributed by atoms with van der Waals surface area (Å²) in [5, 5.41) is 9.31. The maximum atomic E-state index is 12.2. The molecule has 8 heteroatoms. The van der Waals surface area contributed by atoms with Crippen LogP contribution in [0.4, 0.5) is 13.2 Å². The zero-order valence-electron chi connectivity index (χ0n) is 11.9. The lowest BCUT2D eigenvalue weighted by Gasteiger charge is -2.31. The Balaban J connectivity index is 0.00000400. The topological polar surface area (TPSA) is 64.7 Å². The average molecular weight is 330 g/mol. The van der Waals surface area contributed by atoms with E-state index in [1.54, 1.807) is 13.8 Å². The van der Waals surface area contributed by atoms with Crippen LogP contribution in [-0.4, -0.2) is 25.2 Å². The van der Waals surface area contributed by atoms with Crippen LogP contribution in [0.1, 0.15) is 25.5 Å². The molecule has 0 unspecified atom stereocenters. The van der Waals surface area contributed by atoms with Crippen LogP contribution in [0, 0.1) is 5.41 Å². The zero-order chi connectivity index (χ0) is 15.6. The summed E-state index contributed by atoms with van der Waals surface area (Å²) >= 11 is 0. The van der Waals surface area contributed by atoms with Crippen LogP contribution in [0.25, 0.3) is 0 Å². The number of hydrogen-bond donors (Lipinski definition) is 2. The van der Waals surface area contributed by atoms with Gasteiger partial charge in [0.1, 0.15) is 11.5 Å². The lowest BCUT2D eigenvalue weighted by Crippen LogP contribution is -2.32. The number of nitrogens with two attached hydrogens (primary N) is 1. The first-order valence-electron chi connectivity index (χ1n) is 5.91. The number of rotatable bonds is 5. The fourth-order valence-electron chi connectivity index (χ4n) is 1.67. The van der Waals surface area contributed by atoms with E-state index in [-0.39, 0.29) is 24.8 Å². The maximum absolute atomic E-state index is 12.2. The molecule has 0 bridgehead atoms. The number of hydrogen-bond acceptors (Lipinski definition) is 4. The highest BCUT2D eigenvalue weighted by Gasteiger charge is 2.33. The number of methoxy groups -OCH3 is 1. The molecule has 0 heterocycles. The monoisotopic (exact) mass is 329 g/mol. The third-order valence-corrected chi connectivity index (χ3v) is 3.02. The van der Waals surface area contributed by atoms with Crippen LogP contribution in [0.3, 0.4) is 0 Å². The van der Waals surface area contributed by atoms with Crippen LogP contribution in [-0.2, 0) is 0 Å². The quantitative estimate of drug-likeness (QED) is 0.871. The summed E-state index contributed by atoms with van der Waals surface area (Å²) in [5.41, 5.74) is 5.64. The highest BCUT2D eigenvalue weighted by Crippen LogP contribution is 2.38. The van der Waals surface area contributed by atoms with Crippen molar-refractivity contribution in [2.75, 3.05) is 13.7 Å². The molecule has 0 amide bonds. The van der Waals surface area contributed by atoms with E-state index in [9.17, 15) is 18.3 Å². The lowest BCUT2D eigenvalue weighted by molar-refractivity contribution is -0.274. The van der Waals surface area contributed by atoms with Crippen molar-refractivity contribution >= 4 is 12.4 Å². The van der Waals surface area contributed by atoms with Crippen molar-refractivity contribution in [2.24, 2.45) is 11.1 Å². The second kappa shape index (κ2) is 7.20. The minimum Gasteiger partial charge on any atom is -0.496 e. The van der Waals surface area contributed by atoms with E-state index < -0.39 is 17.8 Å². The van der Waals surface area contributed by atoms with Gasteiger partial charge in [-0.25, -0.2) is 0 Å². The van der Waals surface area contributed by atoms with Gasteiger partial charge in [0, 0.05) is 23.6 Å². The van der Waals surface area contributed by atoms with E-state index >= 15 is 0 Å². The van der Waals surface area contributed by atoms with Gasteiger partial charge >= 0.3 is 6.36 Å². The predicted octanol–water partition coefficient (Wildman–Crippen LogP) is 3.03. The van der Waals surface area contributed by atoms with Crippen molar-refractivity contribution in [3.05, 3.63) is 23.8 Å². The number of benzene rings is 1. The minimum absolute atomic E-state index is 0. The molecule has 21 heavy (non-hydrogen) atoms. The van der Waals surface area contributed by atoms with Gasteiger partial charge < -0.3 is 20.3 Å². The van der Waals surface area contributed by atoms with Gasteiger partial charge in [0.15, 0.2) is 0 Å². The highest BCUT2D eigenvalue weighted by atomic mass is 35.5. The first-order valence-corrected chi connectivity index (χ1v) is 5.91. The molecule has 0 radical (unpaired) electrons. The van der Waals surface area contributed by atoms with Gasteiger partial charge in [-0.15, -0.1) is 25.6 Å². The summed E-state index contributed by atoms with van der Waals surface area (Å²) in [5.74, 6) is -0.0361. The summed E-state index contributed by atoms with van der Waals surface area (Å²) in [4.78, 5) is 0. The molecule has 0 saturated heterocycles. The number of aliphatic hydroxyl groups is 1. The molecule has 0 aromatic heterocycles. The van der Waals surface area contributed by atoms with Crippen molar-refractivity contribution in [1.29, 1.82) is 0 Å². The van der Waals surface area contributed by atoms with E-state index in [1.165, 1.54) is 19.2 Å². The molecule has 0 aliphatic carbocycles. The van der Waals surface area contributed by atoms with Crippen LogP contribution in [0.5, 0.6) is 11.5 Å². The summed E-state index contributed by atoms with van der Waals surface area (Å²) in [6.07, 6.45) is -4.78. The second-order valence-corrected chi connectivity index (χ2v) is 5.08. The van der Waals surface area contributed by atoms with Gasteiger partial charge in [0.25, 0.3) is 0 Å². The fraction of sp³-hybridized carbons (Fsp3) is 0.538. The smallest absolute Gasteiger partial charge is 0.496 e. The maximum Gasteiger partial charge on any atom is 0.573 e. The Morgan fingerprint density at radius 2 is 1.86 bits per heavy atom. The van der Waals surface area contributed by atoms with Gasteiger partial charge in [-0.2, -0.15) is 0 Å². The minimum atomic E-state index is -4.78. The molecule has 122 valence electrons. The Bertz CT molecular complexity index is 466. The molecule has 4 nitrogen and oxygen atoms in total. The SMILES string of the molecule is COc1ccc(OC(F)(F)F)cc1[C@@H](N)C(C)(C)CO.Cl. The summed E-state index contributed by atoms with van der Waals surface area (Å²) in [7, 11) is 1.39. The first kappa shape index (κ1) is 19.8. The molecule has 1 rings (SSSR count). The Kier molecular flexibility index (Phi) is 6.79. The van der Waals surface area contributed by atoms with Crippen molar-refractivity contribution in [2.45, 2.75) is 26.3 Å². The van der Waals surface area contributed by atoms with Gasteiger partial charge in [-0.3, -0.25) is 0 Å². The summed E-state index contributed by atoms with van der Waals surface area (Å²) in [6, 6.07) is 2.96. The van der Waals surface area contributed by atoms with Crippen LogP contribution in [0.2, 0.25) is 0 Å². The van der Waals surface area contributed by atoms with Gasteiger partial charge in [0.05, 0.1) is 7.11 Å². The predicted molar refractivity (Wildman–Crippen MR) is 74.7 cm³/mol. The Hall–Kier alpha value is -1.18. The van der Waals surface area contributed by atoms with E-state index in [0.29, 0.717) is 11.3 Å². The highest BCUT2D eigenvalue weighted by molar-refractivity contribution is 5.85. The third-order valence-electron chi connectivity index (χ3n) is 3.02. The summed E-state index contributed by atoms with van der Waals surface area (Å²) < 4.78 is 45.7. The Morgan fingerprint density at radius 1 is 1.29 bits per heavy atom.